The van der Waals surface area contributed by atoms with E-state index in [2.05, 4.69) is 9.88 Å². The fourth-order valence-electron chi connectivity index (χ4n) is 5.23. The zero-order chi connectivity index (χ0) is 24.4. The summed E-state index contributed by atoms with van der Waals surface area (Å²) in [5.41, 5.74) is 2.79. The van der Waals surface area contributed by atoms with Crippen LogP contribution >= 0.6 is 12.2 Å². The van der Waals surface area contributed by atoms with Gasteiger partial charge in [-0.3, -0.25) is 9.36 Å². The normalized spacial score (nSPS) is 15.2. The van der Waals surface area contributed by atoms with Gasteiger partial charge in [-0.25, -0.2) is 8.78 Å². The first-order chi connectivity index (χ1) is 17.0. The Labute approximate surface area is 207 Å². The molecule has 7 heteroatoms. The Morgan fingerprint density at radius 1 is 0.857 bits per heavy atom. The molecule has 35 heavy (non-hydrogen) atoms. The maximum absolute atomic E-state index is 13.6. The highest BCUT2D eigenvalue weighted by Crippen LogP contribution is 2.38. The molecule has 4 aromatic rings. The number of H-pyrrole nitrogens is 1. The molecule has 2 heterocycles. The van der Waals surface area contributed by atoms with E-state index in [-0.39, 0.29) is 23.1 Å². The highest BCUT2D eigenvalue weighted by Gasteiger charge is 2.29. The van der Waals surface area contributed by atoms with Gasteiger partial charge in [-0.2, -0.15) is 0 Å². The molecule has 5 rings (SSSR count). The first-order valence-electron chi connectivity index (χ1n) is 11.9. The number of nitrogens with one attached hydrogen (secondary N) is 1. The lowest BCUT2D eigenvalue weighted by molar-refractivity contribution is 0.169. The molecule has 0 spiro atoms. The van der Waals surface area contributed by atoms with Crippen molar-refractivity contribution in [3.8, 4) is 0 Å². The molecule has 0 atom stereocenters. The molecular weight excluding hydrogens is 464 g/mol. The van der Waals surface area contributed by atoms with Crippen molar-refractivity contribution in [2.45, 2.75) is 25.3 Å². The van der Waals surface area contributed by atoms with E-state index in [4.69, 9.17) is 12.2 Å². The van der Waals surface area contributed by atoms with Crippen LogP contribution in [0, 0.1) is 22.3 Å². The lowest BCUT2D eigenvalue weighted by Crippen LogP contribution is -2.39. The summed E-state index contributed by atoms with van der Waals surface area (Å²) in [5.74, 6) is -0.0869. The summed E-state index contributed by atoms with van der Waals surface area (Å²) in [6.07, 6.45) is 1.91. The highest BCUT2D eigenvalue weighted by molar-refractivity contribution is 7.71. The van der Waals surface area contributed by atoms with E-state index < -0.39 is 0 Å². The maximum atomic E-state index is 13.6. The molecule has 0 unspecified atom stereocenters. The molecule has 0 amide bonds. The summed E-state index contributed by atoms with van der Waals surface area (Å²) < 4.78 is 29.2. The average Bonchev–Trinajstić information content (AvgIpc) is 2.87. The van der Waals surface area contributed by atoms with Gasteiger partial charge < -0.3 is 9.88 Å². The zero-order valence-electron chi connectivity index (χ0n) is 19.3. The third-order valence-electron chi connectivity index (χ3n) is 7.09. The second-order valence-corrected chi connectivity index (χ2v) is 9.58. The topological polar surface area (TPSA) is 41.0 Å². The number of halogens is 2. The van der Waals surface area contributed by atoms with Crippen molar-refractivity contribution in [2.24, 2.45) is 5.92 Å². The fraction of sp³-hybridized carbons (Fsp3) is 0.286. The van der Waals surface area contributed by atoms with Crippen LogP contribution in [0.2, 0.25) is 0 Å². The molecule has 0 radical (unpaired) electrons. The molecule has 1 aliphatic heterocycles. The summed E-state index contributed by atoms with van der Waals surface area (Å²) in [4.78, 5) is 18.4. The predicted molar refractivity (Wildman–Crippen MR) is 137 cm³/mol. The molecule has 1 N–H and O–H groups in total. The molecule has 4 nitrogen and oxygen atoms in total. The summed E-state index contributed by atoms with van der Waals surface area (Å²) in [5, 5.41) is 0.640. The molecule has 180 valence electrons. The largest absolute Gasteiger partial charge is 0.332 e. The molecule has 1 aromatic heterocycles. The maximum Gasteiger partial charge on any atom is 0.262 e. The van der Waals surface area contributed by atoms with E-state index in [0.29, 0.717) is 22.6 Å². The van der Waals surface area contributed by atoms with Crippen LogP contribution in [0.25, 0.3) is 10.9 Å². The minimum absolute atomic E-state index is 0.0630. The number of aromatic amines is 1. The van der Waals surface area contributed by atoms with Gasteiger partial charge in [0.05, 0.1) is 10.9 Å². The van der Waals surface area contributed by atoms with Crippen molar-refractivity contribution < 1.29 is 8.78 Å². The Morgan fingerprint density at radius 3 is 2.03 bits per heavy atom. The van der Waals surface area contributed by atoms with Gasteiger partial charge in [0.25, 0.3) is 5.56 Å². The van der Waals surface area contributed by atoms with Crippen molar-refractivity contribution in [1.29, 1.82) is 0 Å². The standard InChI is InChI=1S/C28H27F2N3OS/c29-22-9-5-19(6-10-22)26(20-7-11-23(30)12-8-20)21-13-15-32(16-14-21)17-18-33-27(34)24-3-1-2-4-25(24)31-28(33)35/h1-12,21,26H,13-18H2,(H,31,35). The number of benzene rings is 3. The van der Waals surface area contributed by atoms with Crippen molar-refractivity contribution in [2.75, 3.05) is 19.6 Å². The third kappa shape index (κ3) is 5.11. The van der Waals surface area contributed by atoms with E-state index in [1.807, 2.05) is 48.5 Å². The third-order valence-corrected chi connectivity index (χ3v) is 7.41. The van der Waals surface area contributed by atoms with Crippen LogP contribution in [0.1, 0.15) is 29.9 Å². The van der Waals surface area contributed by atoms with Gasteiger partial charge in [-0.05, 0) is 91.6 Å². The Morgan fingerprint density at radius 2 is 1.43 bits per heavy atom. The second-order valence-electron chi connectivity index (χ2n) is 9.19. The molecule has 3 aromatic carbocycles. The fourth-order valence-corrected chi connectivity index (χ4v) is 5.51. The second kappa shape index (κ2) is 10.2. The molecule has 1 fully saturated rings. The van der Waals surface area contributed by atoms with Crippen LogP contribution in [0.15, 0.2) is 77.6 Å². The van der Waals surface area contributed by atoms with E-state index in [1.54, 1.807) is 4.57 Å². The highest BCUT2D eigenvalue weighted by atomic mass is 32.1. The molecule has 1 saturated heterocycles. The van der Waals surface area contributed by atoms with E-state index >= 15 is 0 Å². The van der Waals surface area contributed by atoms with Gasteiger partial charge in [-0.15, -0.1) is 0 Å². The van der Waals surface area contributed by atoms with Crippen LogP contribution in [-0.4, -0.2) is 34.1 Å². The van der Waals surface area contributed by atoms with Crippen LogP contribution in [0.3, 0.4) is 0 Å². The van der Waals surface area contributed by atoms with Crippen molar-refractivity contribution in [1.82, 2.24) is 14.5 Å². The Bertz CT molecular complexity index is 1380. The van der Waals surface area contributed by atoms with Gasteiger partial charge in [0, 0.05) is 19.0 Å². The lowest BCUT2D eigenvalue weighted by Gasteiger charge is -2.36. The summed E-state index contributed by atoms with van der Waals surface area (Å²) >= 11 is 5.45. The number of piperidine rings is 1. The van der Waals surface area contributed by atoms with E-state index in [9.17, 15) is 13.6 Å². The molecule has 1 aliphatic rings. The number of likely N-dealkylation sites (tertiary alicyclic amines) is 1. The van der Waals surface area contributed by atoms with Gasteiger partial charge in [0.15, 0.2) is 4.77 Å². The van der Waals surface area contributed by atoms with Crippen LogP contribution in [0.5, 0.6) is 0 Å². The minimum atomic E-state index is -0.260. The number of fused-ring (bicyclic) bond motifs is 1. The zero-order valence-corrected chi connectivity index (χ0v) is 20.1. The monoisotopic (exact) mass is 491 g/mol. The molecule has 0 bridgehead atoms. The van der Waals surface area contributed by atoms with Gasteiger partial charge in [0.1, 0.15) is 11.6 Å². The molecular formula is C28H27F2N3OS. The van der Waals surface area contributed by atoms with Crippen molar-refractivity contribution >= 4 is 23.1 Å². The minimum Gasteiger partial charge on any atom is -0.332 e. The van der Waals surface area contributed by atoms with Crippen LogP contribution < -0.4 is 5.56 Å². The number of para-hydroxylation sites is 1. The Hall–Kier alpha value is -3.16. The first kappa shape index (κ1) is 23.6. The number of rotatable bonds is 6. The van der Waals surface area contributed by atoms with Crippen LogP contribution in [-0.2, 0) is 6.54 Å². The van der Waals surface area contributed by atoms with E-state index in [0.717, 1.165) is 49.1 Å². The van der Waals surface area contributed by atoms with Gasteiger partial charge in [-0.1, -0.05) is 36.4 Å². The summed E-state index contributed by atoms with van der Waals surface area (Å²) in [6, 6.07) is 20.7. The quantitative estimate of drug-likeness (QED) is 0.343. The number of hydrogen-bond donors (Lipinski definition) is 1. The van der Waals surface area contributed by atoms with Crippen LogP contribution in [0.4, 0.5) is 8.78 Å². The Kier molecular flexibility index (Phi) is 6.88. The number of nitrogens with zero attached hydrogens (tertiary/aromatic N) is 2. The SMILES string of the molecule is O=c1c2ccccc2[nH]c(=S)n1CCN1CCC(C(c2ccc(F)cc2)c2ccc(F)cc2)CC1. The number of hydrogen-bond acceptors (Lipinski definition) is 3. The summed E-state index contributed by atoms with van der Waals surface area (Å²) in [6.45, 7) is 3.05. The van der Waals surface area contributed by atoms with E-state index in [1.165, 1.54) is 24.3 Å². The summed E-state index contributed by atoms with van der Waals surface area (Å²) in [7, 11) is 0. The molecule has 0 saturated carbocycles. The lowest BCUT2D eigenvalue weighted by atomic mass is 9.76. The van der Waals surface area contributed by atoms with Crippen molar-refractivity contribution in [3.63, 3.8) is 0 Å². The first-order valence-corrected chi connectivity index (χ1v) is 12.4. The average molecular weight is 492 g/mol. The van der Waals surface area contributed by atoms with Gasteiger partial charge >= 0.3 is 0 Å². The Balaban J connectivity index is 1.29. The van der Waals surface area contributed by atoms with Gasteiger partial charge in [0.2, 0.25) is 0 Å². The molecule has 0 aliphatic carbocycles. The number of aromatic nitrogens is 2. The van der Waals surface area contributed by atoms with Crippen molar-refractivity contribution in [3.05, 3.63) is 111 Å². The predicted octanol–water partition coefficient (Wildman–Crippen LogP) is 5.88. The smallest absolute Gasteiger partial charge is 0.262 e.